The molecule has 2 saturated heterocycles. The highest BCUT2D eigenvalue weighted by molar-refractivity contribution is 6.05. The summed E-state index contributed by atoms with van der Waals surface area (Å²) in [6, 6.07) is 14.7. The molecule has 0 N–H and O–H groups in total. The summed E-state index contributed by atoms with van der Waals surface area (Å²) >= 11 is 0. The number of anilines is 3. The third-order valence-electron chi connectivity index (χ3n) is 6.71. The molecular weight excluding hydrogens is 432 g/mol. The lowest BCUT2D eigenvalue weighted by atomic mass is 10.1. The van der Waals surface area contributed by atoms with Crippen LogP contribution in [0.4, 0.5) is 17.1 Å². The van der Waals surface area contributed by atoms with Crippen LogP contribution < -0.4 is 20.1 Å². The first kappa shape index (κ1) is 22.4. The van der Waals surface area contributed by atoms with Gasteiger partial charge in [0.15, 0.2) is 16.8 Å². The third-order valence-corrected chi connectivity index (χ3v) is 6.71. The first-order valence-corrected chi connectivity index (χ1v) is 11.7. The second kappa shape index (κ2) is 9.48. The molecular formula is C26H30N4O4. The van der Waals surface area contributed by atoms with Crippen LogP contribution in [0, 0.1) is 0 Å². The van der Waals surface area contributed by atoms with Gasteiger partial charge in [-0.1, -0.05) is 6.07 Å². The van der Waals surface area contributed by atoms with Crippen molar-refractivity contribution in [3.63, 3.8) is 0 Å². The molecule has 1 amide bonds. The summed E-state index contributed by atoms with van der Waals surface area (Å²) < 4.78 is 11.5. The second-order valence-electron chi connectivity index (χ2n) is 8.90. The molecule has 2 aliphatic rings. The van der Waals surface area contributed by atoms with Crippen LogP contribution in [-0.2, 0) is 4.74 Å². The molecule has 2 aromatic carbocycles. The van der Waals surface area contributed by atoms with Crippen LogP contribution >= 0.6 is 0 Å². The zero-order valence-electron chi connectivity index (χ0n) is 19.7. The molecule has 178 valence electrons. The van der Waals surface area contributed by atoms with Gasteiger partial charge in [-0.25, -0.2) is 0 Å². The van der Waals surface area contributed by atoms with Crippen molar-refractivity contribution in [2.75, 3.05) is 81.3 Å². The lowest BCUT2D eigenvalue weighted by Crippen LogP contribution is -2.44. The van der Waals surface area contributed by atoms with Gasteiger partial charge in [0.2, 0.25) is 0 Å². The molecule has 0 radical (unpaired) electrons. The van der Waals surface area contributed by atoms with E-state index in [1.165, 1.54) is 11.0 Å². The monoisotopic (exact) mass is 462 g/mol. The van der Waals surface area contributed by atoms with Gasteiger partial charge in [-0.15, -0.1) is 0 Å². The van der Waals surface area contributed by atoms with Crippen molar-refractivity contribution in [1.29, 1.82) is 0 Å². The number of piperazine rings is 1. The Labute approximate surface area is 198 Å². The fourth-order valence-electron chi connectivity index (χ4n) is 4.56. The first-order chi connectivity index (χ1) is 16.5. The molecule has 0 spiro atoms. The molecule has 2 fully saturated rings. The van der Waals surface area contributed by atoms with Gasteiger partial charge in [0.1, 0.15) is 0 Å². The van der Waals surface area contributed by atoms with E-state index in [2.05, 4.69) is 21.7 Å². The van der Waals surface area contributed by atoms with Gasteiger partial charge >= 0.3 is 0 Å². The quantitative estimate of drug-likeness (QED) is 0.590. The van der Waals surface area contributed by atoms with E-state index in [-0.39, 0.29) is 17.1 Å². The molecule has 0 unspecified atom stereocenters. The number of ether oxygens (including phenoxy) is 1. The number of amides is 1. The number of carbonyl (C=O) groups is 1. The van der Waals surface area contributed by atoms with Gasteiger partial charge in [0.05, 0.1) is 24.3 Å². The van der Waals surface area contributed by atoms with Crippen LogP contribution in [0.25, 0.3) is 11.0 Å². The SMILES string of the molecule is CN1CCN(c2cccc3c(=O)cc(C(=O)N(C)c4ccc(N5CCOCC5)cc4)oc23)CC1. The molecule has 5 rings (SSSR count). The number of morpholine rings is 1. The standard InChI is InChI=1S/C26H30N4O4/c1-27-10-12-30(13-11-27)22-5-3-4-21-23(31)18-24(34-25(21)22)26(32)28(2)19-6-8-20(9-7-19)29-14-16-33-17-15-29/h3-9,18H,10-17H2,1-2H3. The number of nitrogens with zero attached hydrogens (tertiary/aromatic N) is 4. The Morgan fingerprint density at radius 2 is 1.62 bits per heavy atom. The molecule has 0 aliphatic carbocycles. The second-order valence-corrected chi connectivity index (χ2v) is 8.90. The van der Waals surface area contributed by atoms with Crippen molar-refractivity contribution in [1.82, 2.24) is 4.90 Å². The molecule has 0 bridgehead atoms. The van der Waals surface area contributed by atoms with E-state index < -0.39 is 0 Å². The summed E-state index contributed by atoms with van der Waals surface area (Å²) in [7, 11) is 3.79. The molecule has 34 heavy (non-hydrogen) atoms. The van der Waals surface area contributed by atoms with Crippen LogP contribution in [0.2, 0.25) is 0 Å². The maximum atomic E-state index is 13.3. The fraction of sp³-hybridized carbons (Fsp3) is 0.385. The minimum Gasteiger partial charge on any atom is -0.448 e. The number of hydrogen-bond acceptors (Lipinski definition) is 7. The van der Waals surface area contributed by atoms with Crippen molar-refractivity contribution in [2.45, 2.75) is 0 Å². The van der Waals surface area contributed by atoms with Crippen LogP contribution in [0.1, 0.15) is 10.6 Å². The molecule has 3 aromatic rings. The average Bonchev–Trinajstić information content (AvgIpc) is 2.88. The van der Waals surface area contributed by atoms with Crippen LogP contribution in [0.5, 0.6) is 0 Å². The highest BCUT2D eigenvalue weighted by Gasteiger charge is 2.22. The van der Waals surface area contributed by atoms with Crippen LogP contribution in [0.3, 0.4) is 0 Å². The Kier molecular flexibility index (Phi) is 6.26. The number of fused-ring (bicyclic) bond motifs is 1. The van der Waals surface area contributed by atoms with E-state index in [9.17, 15) is 9.59 Å². The topological polar surface area (TPSA) is 69.5 Å². The summed E-state index contributed by atoms with van der Waals surface area (Å²) in [5.74, 6) is -0.315. The number of likely N-dealkylation sites (N-methyl/N-ethyl adjacent to an activating group) is 1. The molecule has 0 saturated carbocycles. The van der Waals surface area contributed by atoms with E-state index in [1.807, 2.05) is 36.4 Å². The van der Waals surface area contributed by atoms with Crippen molar-refractivity contribution in [2.24, 2.45) is 0 Å². The molecule has 0 atom stereocenters. The fourth-order valence-corrected chi connectivity index (χ4v) is 4.56. The van der Waals surface area contributed by atoms with Gasteiger partial charge in [0, 0.05) is 63.8 Å². The highest BCUT2D eigenvalue weighted by atomic mass is 16.5. The Morgan fingerprint density at radius 1 is 0.912 bits per heavy atom. The minimum atomic E-state index is -0.355. The van der Waals surface area contributed by atoms with Crippen molar-refractivity contribution < 1.29 is 13.9 Å². The van der Waals surface area contributed by atoms with Gasteiger partial charge < -0.3 is 28.8 Å². The predicted molar refractivity (Wildman–Crippen MR) is 134 cm³/mol. The van der Waals surface area contributed by atoms with Crippen molar-refractivity contribution in [3.05, 3.63) is 64.5 Å². The number of para-hydroxylation sites is 1. The summed E-state index contributed by atoms with van der Waals surface area (Å²) in [6.45, 7) is 6.69. The van der Waals surface area contributed by atoms with E-state index >= 15 is 0 Å². The van der Waals surface area contributed by atoms with E-state index in [0.717, 1.165) is 69.5 Å². The van der Waals surface area contributed by atoms with Crippen molar-refractivity contribution >= 4 is 33.9 Å². The van der Waals surface area contributed by atoms with Gasteiger partial charge in [0.25, 0.3) is 5.91 Å². The van der Waals surface area contributed by atoms with Gasteiger partial charge in [-0.05, 0) is 43.4 Å². The van der Waals surface area contributed by atoms with Crippen LogP contribution in [-0.4, -0.2) is 77.4 Å². The molecule has 2 aliphatic heterocycles. The summed E-state index contributed by atoms with van der Waals surface area (Å²) in [5, 5.41) is 0.491. The third kappa shape index (κ3) is 4.38. The van der Waals surface area contributed by atoms with E-state index in [1.54, 1.807) is 13.1 Å². The molecule has 8 nitrogen and oxygen atoms in total. The normalized spacial score (nSPS) is 17.2. The Bertz CT molecular complexity index is 1230. The zero-order valence-corrected chi connectivity index (χ0v) is 19.7. The maximum absolute atomic E-state index is 13.3. The molecule has 8 heteroatoms. The summed E-state index contributed by atoms with van der Waals surface area (Å²) in [4.78, 5) is 34.5. The maximum Gasteiger partial charge on any atom is 0.293 e. The Balaban J connectivity index is 1.42. The number of benzene rings is 2. The largest absolute Gasteiger partial charge is 0.448 e. The molecule has 3 heterocycles. The van der Waals surface area contributed by atoms with Gasteiger partial charge in [-0.3, -0.25) is 9.59 Å². The smallest absolute Gasteiger partial charge is 0.293 e. The minimum absolute atomic E-state index is 0.0406. The van der Waals surface area contributed by atoms with Crippen molar-refractivity contribution in [3.8, 4) is 0 Å². The number of carbonyl (C=O) groups excluding carboxylic acids is 1. The summed E-state index contributed by atoms with van der Waals surface area (Å²) in [5.41, 5.74) is 2.95. The lowest BCUT2D eigenvalue weighted by molar-refractivity contribution is 0.0967. The lowest BCUT2D eigenvalue weighted by Gasteiger charge is -2.34. The zero-order chi connectivity index (χ0) is 23.7. The summed E-state index contributed by atoms with van der Waals surface area (Å²) in [6.07, 6.45) is 0. The Hall–Kier alpha value is -3.36. The van der Waals surface area contributed by atoms with Gasteiger partial charge in [-0.2, -0.15) is 0 Å². The van der Waals surface area contributed by atoms with E-state index in [4.69, 9.17) is 9.15 Å². The average molecular weight is 463 g/mol. The van der Waals surface area contributed by atoms with E-state index in [0.29, 0.717) is 11.0 Å². The number of hydrogen-bond donors (Lipinski definition) is 0. The number of rotatable bonds is 4. The van der Waals surface area contributed by atoms with Crippen LogP contribution in [0.15, 0.2) is 57.7 Å². The molecule has 1 aromatic heterocycles. The Morgan fingerprint density at radius 3 is 2.32 bits per heavy atom. The highest BCUT2D eigenvalue weighted by Crippen LogP contribution is 2.28. The predicted octanol–water partition coefficient (Wildman–Crippen LogP) is 2.66. The first-order valence-electron chi connectivity index (χ1n) is 11.7.